The molecule has 0 fully saturated rings. The largest absolute Gasteiger partial charge is 0.860 e. The van der Waals surface area contributed by atoms with Gasteiger partial charge in [-0.3, -0.25) is 0 Å². The van der Waals surface area contributed by atoms with E-state index in [1.165, 1.54) is 34.9 Å². The minimum atomic E-state index is -2.33. The Morgan fingerprint density at radius 3 is 1.56 bits per heavy atom. The van der Waals surface area contributed by atoms with E-state index < -0.39 is 14.6 Å². The first-order valence-electron chi connectivity index (χ1n) is 15.5. The molecule has 7 rings (SSSR count). The normalized spacial score (nSPS) is 11.3. The number of hydrogen-bond acceptors (Lipinski definition) is 3. The summed E-state index contributed by atoms with van der Waals surface area (Å²) in [6.45, 7) is 2.29. The van der Waals surface area contributed by atoms with Gasteiger partial charge < -0.3 is 14.7 Å². The van der Waals surface area contributed by atoms with Gasteiger partial charge in [0, 0.05) is 5.39 Å². The molecular weight excluding hydrogens is 570 g/mol. The Labute approximate surface area is 266 Å². The summed E-state index contributed by atoms with van der Waals surface area (Å²) in [5, 5.41) is 32.3. The number of hydrogen-bond donors (Lipinski definition) is 0. The van der Waals surface area contributed by atoms with Crippen LogP contribution in [-0.4, -0.2) is 13.5 Å². The molecule has 0 aliphatic heterocycles. The molecule has 0 radical (unpaired) electrons. The second-order valence-corrected chi connectivity index (χ2v) is 14.8. The highest BCUT2D eigenvalue weighted by molar-refractivity contribution is 7.95. The van der Waals surface area contributed by atoms with Crippen molar-refractivity contribution < 1.29 is 14.7 Å². The molecule has 0 unspecified atom stereocenters. The standard InChI is InChI=1S/C22H24P.C18H11BO3/c1-2-3-19-23(20-13-7-4-8-14-20,21-15-9-5-10-16-21)22-17-11-6-12-18-22;20-19(21)22-17-7-3-6-12-8-9-15-10-13-4-1-2-5-14(13)11-16(15)18(12)17/h4-18H,2-3,19H2,1H3;1-11H/q+1;-2. The maximum Gasteiger partial charge on any atom is 0.133 e. The summed E-state index contributed by atoms with van der Waals surface area (Å²) in [6.07, 6.45) is 3.72. The fourth-order valence-electron chi connectivity index (χ4n) is 6.25. The third-order valence-electron chi connectivity index (χ3n) is 8.35. The van der Waals surface area contributed by atoms with Crippen LogP contribution in [0.2, 0.25) is 0 Å². The predicted molar refractivity (Wildman–Crippen MR) is 190 cm³/mol. The lowest BCUT2D eigenvalue weighted by Crippen LogP contribution is -2.50. The Bertz CT molecular complexity index is 1900. The van der Waals surface area contributed by atoms with Crippen LogP contribution in [0.5, 0.6) is 5.75 Å². The van der Waals surface area contributed by atoms with Gasteiger partial charge in [0.2, 0.25) is 0 Å². The summed E-state index contributed by atoms with van der Waals surface area (Å²) in [5.74, 6) is 0.341. The molecule has 45 heavy (non-hydrogen) atoms. The average Bonchev–Trinajstić information content (AvgIpc) is 3.09. The van der Waals surface area contributed by atoms with Gasteiger partial charge in [0.25, 0.3) is 0 Å². The van der Waals surface area contributed by atoms with Crippen molar-refractivity contribution in [1.82, 2.24) is 0 Å². The first kappa shape index (κ1) is 30.6. The van der Waals surface area contributed by atoms with Crippen molar-refractivity contribution in [1.29, 1.82) is 0 Å². The summed E-state index contributed by atoms with van der Waals surface area (Å²) in [5.41, 5.74) is 0. The molecule has 0 N–H and O–H groups in total. The SMILES string of the molecule is CCCC[P+](c1ccccc1)(c1ccccc1)c1ccccc1.[O-]B([O-])Oc1cccc2ccc3cc4ccccc4cc3c12. The van der Waals surface area contributed by atoms with Crippen molar-refractivity contribution in [2.24, 2.45) is 0 Å². The molecule has 3 nitrogen and oxygen atoms in total. The van der Waals surface area contributed by atoms with Crippen molar-refractivity contribution in [3.05, 3.63) is 158 Å². The summed E-state index contributed by atoms with van der Waals surface area (Å²) in [6, 6.07) is 55.1. The smallest absolute Gasteiger partial charge is 0.133 e. The first-order chi connectivity index (χ1) is 22.1. The van der Waals surface area contributed by atoms with Crippen LogP contribution >= 0.6 is 7.26 Å². The van der Waals surface area contributed by atoms with Crippen LogP contribution in [0.25, 0.3) is 32.3 Å². The second kappa shape index (κ2) is 14.1. The average molecular weight is 606 g/mol. The lowest BCUT2D eigenvalue weighted by Gasteiger charge is -2.27. The Hall–Kier alpha value is -4.47. The number of fused-ring (bicyclic) bond motifs is 4. The Morgan fingerprint density at radius 1 is 0.533 bits per heavy atom. The zero-order valence-corrected chi connectivity index (χ0v) is 26.3. The molecule has 0 atom stereocenters. The van der Waals surface area contributed by atoms with Crippen molar-refractivity contribution in [2.75, 3.05) is 6.16 Å². The van der Waals surface area contributed by atoms with Gasteiger partial charge in [-0.05, 0) is 87.9 Å². The molecule has 0 aliphatic carbocycles. The van der Waals surface area contributed by atoms with E-state index in [1.54, 1.807) is 12.1 Å². The highest BCUT2D eigenvalue weighted by atomic mass is 31.2. The molecule has 0 bridgehead atoms. The molecule has 5 heteroatoms. The van der Waals surface area contributed by atoms with E-state index in [-0.39, 0.29) is 0 Å². The molecule has 0 saturated heterocycles. The highest BCUT2D eigenvalue weighted by Gasteiger charge is 2.44. The van der Waals surface area contributed by atoms with E-state index in [2.05, 4.69) is 116 Å². The van der Waals surface area contributed by atoms with E-state index in [4.69, 9.17) is 4.65 Å². The third kappa shape index (κ3) is 6.50. The molecule has 7 aromatic rings. The van der Waals surface area contributed by atoms with Gasteiger partial charge in [-0.25, -0.2) is 0 Å². The fraction of sp³-hybridized carbons (Fsp3) is 0.100. The number of benzene rings is 7. The molecule has 0 amide bonds. The molecule has 7 aromatic carbocycles. The van der Waals surface area contributed by atoms with Crippen molar-refractivity contribution in [3.63, 3.8) is 0 Å². The topological polar surface area (TPSA) is 55.3 Å². The minimum absolute atomic E-state index is 0.341. The monoisotopic (exact) mass is 605 g/mol. The van der Waals surface area contributed by atoms with E-state index in [9.17, 15) is 10.0 Å². The van der Waals surface area contributed by atoms with Gasteiger partial charge in [0.05, 0.1) is 6.16 Å². The highest BCUT2D eigenvalue weighted by Crippen LogP contribution is 2.55. The third-order valence-corrected chi connectivity index (χ3v) is 12.9. The van der Waals surface area contributed by atoms with Gasteiger partial charge >= 0.3 is 0 Å². The van der Waals surface area contributed by atoms with Crippen LogP contribution in [-0.2, 0) is 0 Å². The van der Waals surface area contributed by atoms with Crippen molar-refractivity contribution in [2.45, 2.75) is 19.8 Å². The second-order valence-electron chi connectivity index (χ2n) is 11.1. The van der Waals surface area contributed by atoms with Crippen LogP contribution in [0.15, 0.2) is 158 Å². The number of unbranched alkanes of at least 4 members (excludes halogenated alkanes) is 1. The van der Waals surface area contributed by atoms with Gasteiger partial charge in [-0.2, -0.15) is 0 Å². The molecule has 0 spiro atoms. The molecule has 0 aromatic heterocycles. The van der Waals surface area contributed by atoms with Crippen LogP contribution in [0.1, 0.15) is 19.8 Å². The maximum atomic E-state index is 10.9. The summed E-state index contributed by atoms with van der Waals surface area (Å²) >= 11 is 0. The molecule has 0 saturated carbocycles. The van der Waals surface area contributed by atoms with Crippen LogP contribution in [0.3, 0.4) is 0 Å². The quantitative estimate of drug-likeness (QED) is 0.0811. The van der Waals surface area contributed by atoms with Gasteiger partial charge in [-0.1, -0.05) is 116 Å². The van der Waals surface area contributed by atoms with E-state index in [0.29, 0.717) is 5.75 Å². The zero-order chi connectivity index (χ0) is 31.1. The van der Waals surface area contributed by atoms with Gasteiger partial charge in [0.15, 0.2) is 0 Å². The summed E-state index contributed by atoms with van der Waals surface area (Å²) in [4.78, 5) is 0. The van der Waals surface area contributed by atoms with Crippen LogP contribution in [0, 0.1) is 0 Å². The first-order valence-corrected chi connectivity index (χ1v) is 17.4. The Balaban J connectivity index is 0.000000159. The Morgan fingerprint density at radius 2 is 1.02 bits per heavy atom. The molecule has 0 aliphatic rings. The van der Waals surface area contributed by atoms with Gasteiger partial charge in [-0.15, -0.1) is 0 Å². The summed E-state index contributed by atoms with van der Waals surface area (Å²) in [7, 11) is -3.90. The Kier molecular flexibility index (Phi) is 9.57. The lowest BCUT2D eigenvalue weighted by molar-refractivity contribution is -0.372. The predicted octanol–water partition coefficient (Wildman–Crippen LogP) is 7.01. The molecule has 0 heterocycles. The van der Waals surface area contributed by atoms with Crippen LogP contribution < -0.4 is 30.6 Å². The van der Waals surface area contributed by atoms with E-state index in [1.807, 2.05) is 36.4 Å². The van der Waals surface area contributed by atoms with Crippen molar-refractivity contribution >= 4 is 62.8 Å². The fourth-order valence-corrected chi connectivity index (χ4v) is 10.7. The summed E-state index contributed by atoms with van der Waals surface area (Å²) < 4.78 is 4.94. The number of rotatable bonds is 8. The molecule has 222 valence electrons. The molecular formula is C40H35BO3P-. The van der Waals surface area contributed by atoms with E-state index >= 15 is 0 Å². The maximum absolute atomic E-state index is 10.9. The van der Waals surface area contributed by atoms with Crippen molar-refractivity contribution in [3.8, 4) is 5.75 Å². The lowest BCUT2D eigenvalue weighted by atomic mass is 9.97. The van der Waals surface area contributed by atoms with E-state index in [0.717, 1.165) is 32.3 Å². The van der Waals surface area contributed by atoms with Crippen LogP contribution in [0.4, 0.5) is 0 Å². The zero-order valence-electron chi connectivity index (χ0n) is 25.4. The van der Waals surface area contributed by atoms with Gasteiger partial charge in [0.1, 0.15) is 36.2 Å². The minimum Gasteiger partial charge on any atom is -0.860 e.